The topological polar surface area (TPSA) is 46.6 Å². The first-order valence-corrected chi connectivity index (χ1v) is 8.82. The van der Waals surface area contributed by atoms with Crippen LogP contribution < -0.4 is 0 Å². The van der Waals surface area contributed by atoms with Gasteiger partial charge in [0, 0.05) is 23.9 Å². The summed E-state index contributed by atoms with van der Waals surface area (Å²) in [5.74, 6) is 0.0139. The zero-order chi connectivity index (χ0) is 17.0. The van der Waals surface area contributed by atoms with Gasteiger partial charge in [0.2, 0.25) is 0 Å². The second kappa shape index (κ2) is 7.39. The molecule has 0 spiro atoms. The molecule has 0 N–H and O–H groups in total. The van der Waals surface area contributed by atoms with Crippen LogP contribution in [0.25, 0.3) is 0 Å². The summed E-state index contributed by atoms with van der Waals surface area (Å²) < 4.78 is 5.38. The number of carbonyl (C=O) groups is 2. The smallest absolute Gasteiger partial charge is 0.410 e. The molecule has 1 aliphatic rings. The van der Waals surface area contributed by atoms with E-state index < -0.39 is 5.60 Å². The lowest BCUT2D eigenvalue weighted by Crippen LogP contribution is -2.42. The van der Waals surface area contributed by atoms with E-state index in [1.807, 2.05) is 52.0 Å². The fourth-order valence-corrected chi connectivity index (χ4v) is 3.34. The summed E-state index contributed by atoms with van der Waals surface area (Å²) in [6.07, 6.45) is 1.13. The van der Waals surface area contributed by atoms with Crippen LogP contribution in [-0.2, 0) is 9.53 Å². The minimum atomic E-state index is -0.481. The molecule has 1 saturated heterocycles. The molecule has 5 heteroatoms. The maximum atomic E-state index is 12.4. The molecule has 0 aliphatic carbocycles. The van der Waals surface area contributed by atoms with E-state index in [1.165, 1.54) is 17.3 Å². The molecule has 1 aromatic carbocycles. The van der Waals surface area contributed by atoms with Crippen molar-refractivity contribution in [2.75, 3.05) is 13.1 Å². The van der Waals surface area contributed by atoms with Crippen LogP contribution in [0.2, 0.25) is 0 Å². The van der Waals surface area contributed by atoms with Crippen molar-refractivity contribution in [3.05, 3.63) is 29.8 Å². The molecule has 0 bridgehead atoms. The SMILES string of the molecule is Cc1ccc(SC(=O)C2CCN(C(=O)OC(C)(C)C)CC2)cc1. The lowest BCUT2D eigenvalue weighted by atomic mass is 9.99. The molecule has 1 aliphatic heterocycles. The quantitative estimate of drug-likeness (QED) is 0.758. The second-order valence-corrected chi connectivity index (χ2v) is 8.05. The van der Waals surface area contributed by atoms with E-state index in [9.17, 15) is 9.59 Å². The number of aryl methyl sites for hydroxylation is 1. The Kier molecular flexibility index (Phi) is 5.74. The van der Waals surface area contributed by atoms with Crippen LogP contribution >= 0.6 is 11.8 Å². The molecular weight excluding hydrogens is 310 g/mol. The van der Waals surface area contributed by atoms with Crippen LogP contribution in [0.3, 0.4) is 0 Å². The fourth-order valence-electron chi connectivity index (χ4n) is 2.43. The Labute approximate surface area is 142 Å². The number of hydrogen-bond donors (Lipinski definition) is 0. The predicted octanol–water partition coefficient (Wildman–Crippen LogP) is 4.26. The monoisotopic (exact) mass is 335 g/mol. The van der Waals surface area contributed by atoms with Crippen LogP contribution in [0.5, 0.6) is 0 Å². The first kappa shape index (κ1) is 17.9. The largest absolute Gasteiger partial charge is 0.444 e. The standard InChI is InChI=1S/C18H25NO3S/c1-13-5-7-15(8-6-13)23-16(20)14-9-11-19(12-10-14)17(21)22-18(2,3)4/h5-8,14H,9-12H2,1-4H3. The molecule has 0 aromatic heterocycles. The Morgan fingerprint density at radius 2 is 1.70 bits per heavy atom. The maximum Gasteiger partial charge on any atom is 0.410 e. The number of carbonyl (C=O) groups excluding carboxylic acids is 2. The summed E-state index contributed by atoms with van der Waals surface area (Å²) in [5.41, 5.74) is 0.706. The first-order chi connectivity index (χ1) is 10.7. The molecule has 0 saturated carbocycles. The number of amides is 1. The van der Waals surface area contributed by atoms with Crippen molar-refractivity contribution in [2.24, 2.45) is 5.92 Å². The van der Waals surface area contributed by atoms with Gasteiger partial charge in [-0.2, -0.15) is 0 Å². The highest BCUT2D eigenvalue weighted by atomic mass is 32.2. The Morgan fingerprint density at radius 1 is 1.13 bits per heavy atom. The van der Waals surface area contributed by atoms with Gasteiger partial charge in [0.1, 0.15) is 5.60 Å². The highest BCUT2D eigenvalue weighted by Crippen LogP contribution is 2.28. The Bertz CT molecular complexity index is 555. The molecule has 126 valence electrons. The van der Waals surface area contributed by atoms with E-state index in [2.05, 4.69) is 0 Å². The fraction of sp³-hybridized carbons (Fsp3) is 0.556. The zero-order valence-corrected chi connectivity index (χ0v) is 15.1. The van der Waals surface area contributed by atoms with E-state index in [1.54, 1.807) is 4.90 Å². The van der Waals surface area contributed by atoms with E-state index in [-0.39, 0.29) is 17.1 Å². The summed E-state index contributed by atoms with van der Waals surface area (Å²) in [6.45, 7) is 8.78. The number of hydrogen-bond acceptors (Lipinski definition) is 4. The third-order valence-electron chi connectivity index (χ3n) is 3.72. The third kappa shape index (κ3) is 5.57. The van der Waals surface area contributed by atoms with Gasteiger partial charge in [0.05, 0.1) is 0 Å². The van der Waals surface area contributed by atoms with Crippen LogP contribution in [0.4, 0.5) is 4.79 Å². The lowest BCUT2D eigenvalue weighted by molar-refractivity contribution is -0.115. The number of rotatable bonds is 2. The average Bonchev–Trinajstić information content (AvgIpc) is 2.48. The first-order valence-electron chi connectivity index (χ1n) is 8.01. The van der Waals surface area contributed by atoms with Crippen LogP contribution in [0, 0.1) is 12.8 Å². The number of nitrogens with zero attached hydrogens (tertiary/aromatic N) is 1. The summed E-state index contributed by atoms with van der Waals surface area (Å²) in [5, 5.41) is 0.192. The van der Waals surface area contributed by atoms with Crippen LogP contribution in [0.15, 0.2) is 29.2 Å². The zero-order valence-electron chi connectivity index (χ0n) is 14.3. The van der Waals surface area contributed by atoms with Crippen LogP contribution in [0.1, 0.15) is 39.2 Å². The van der Waals surface area contributed by atoms with Gasteiger partial charge in [0.15, 0.2) is 5.12 Å². The lowest BCUT2D eigenvalue weighted by Gasteiger charge is -2.32. The Morgan fingerprint density at radius 3 is 2.22 bits per heavy atom. The summed E-state index contributed by atoms with van der Waals surface area (Å²) >= 11 is 1.30. The van der Waals surface area contributed by atoms with Gasteiger partial charge >= 0.3 is 6.09 Å². The van der Waals surface area contributed by atoms with E-state index in [4.69, 9.17) is 4.74 Å². The van der Waals surface area contributed by atoms with Gasteiger partial charge in [-0.15, -0.1) is 0 Å². The highest BCUT2D eigenvalue weighted by molar-refractivity contribution is 8.13. The molecule has 2 rings (SSSR count). The molecule has 1 heterocycles. The van der Waals surface area contributed by atoms with Gasteiger partial charge < -0.3 is 9.64 Å². The Balaban J connectivity index is 1.83. The number of thioether (sulfide) groups is 1. The molecule has 1 amide bonds. The van der Waals surface area contributed by atoms with E-state index >= 15 is 0 Å². The van der Waals surface area contributed by atoms with Crippen molar-refractivity contribution in [1.82, 2.24) is 4.90 Å². The second-order valence-electron chi connectivity index (χ2n) is 6.98. The minimum Gasteiger partial charge on any atom is -0.444 e. The molecule has 0 atom stereocenters. The minimum absolute atomic E-state index is 0.0139. The molecule has 23 heavy (non-hydrogen) atoms. The number of piperidine rings is 1. The normalized spacial score (nSPS) is 16.3. The van der Waals surface area contributed by atoms with Gasteiger partial charge in [0.25, 0.3) is 0 Å². The van der Waals surface area contributed by atoms with Crippen molar-refractivity contribution in [3.63, 3.8) is 0 Å². The molecular formula is C18H25NO3S. The Hall–Kier alpha value is -1.49. The predicted molar refractivity (Wildman–Crippen MR) is 92.6 cm³/mol. The molecule has 1 aromatic rings. The van der Waals surface area contributed by atoms with Gasteiger partial charge in [-0.1, -0.05) is 29.5 Å². The summed E-state index contributed by atoms with van der Waals surface area (Å²) in [6, 6.07) is 7.99. The summed E-state index contributed by atoms with van der Waals surface area (Å²) in [7, 11) is 0. The molecule has 0 unspecified atom stereocenters. The molecule has 0 radical (unpaired) electrons. The average molecular weight is 335 g/mol. The number of ether oxygens (including phenoxy) is 1. The number of likely N-dealkylation sites (tertiary alicyclic amines) is 1. The van der Waals surface area contributed by atoms with Crippen molar-refractivity contribution in [2.45, 2.75) is 51.0 Å². The number of benzene rings is 1. The maximum absolute atomic E-state index is 12.4. The van der Waals surface area contributed by atoms with Crippen molar-refractivity contribution in [3.8, 4) is 0 Å². The third-order valence-corrected chi connectivity index (χ3v) is 4.76. The van der Waals surface area contributed by atoms with Crippen LogP contribution in [-0.4, -0.2) is 34.8 Å². The van der Waals surface area contributed by atoms with Gasteiger partial charge in [-0.25, -0.2) is 4.79 Å². The van der Waals surface area contributed by atoms with Gasteiger partial charge in [-0.05, 0) is 52.7 Å². The highest BCUT2D eigenvalue weighted by Gasteiger charge is 2.30. The van der Waals surface area contributed by atoms with Crippen molar-refractivity contribution < 1.29 is 14.3 Å². The van der Waals surface area contributed by atoms with Gasteiger partial charge in [-0.3, -0.25) is 4.79 Å². The van der Waals surface area contributed by atoms with Crippen molar-refractivity contribution >= 4 is 23.0 Å². The van der Waals surface area contributed by atoms with E-state index in [0.717, 1.165) is 4.90 Å². The van der Waals surface area contributed by atoms with E-state index in [0.29, 0.717) is 25.9 Å². The summed E-state index contributed by atoms with van der Waals surface area (Å²) in [4.78, 5) is 27.1. The molecule has 1 fully saturated rings. The van der Waals surface area contributed by atoms with Crippen molar-refractivity contribution in [1.29, 1.82) is 0 Å². The molecule has 4 nitrogen and oxygen atoms in total.